The lowest BCUT2D eigenvalue weighted by Gasteiger charge is -2.41. The van der Waals surface area contributed by atoms with Gasteiger partial charge in [0.25, 0.3) is 0 Å². The van der Waals surface area contributed by atoms with E-state index in [1.54, 1.807) is 6.92 Å². The Bertz CT molecular complexity index is 332. The second-order valence-corrected chi connectivity index (χ2v) is 4.37. The van der Waals surface area contributed by atoms with Crippen LogP contribution in [-0.4, -0.2) is 31.2 Å². The highest BCUT2D eigenvalue weighted by Crippen LogP contribution is 2.66. The van der Waals surface area contributed by atoms with Crippen molar-refractivity contribution in [2.75, 3.05) is 6.61 Å². The van der Waals surface area contributed by atoms with Crippen LogP contribution >= 0.6 is 0 Å². The molecule has 0 saturated heterocycles. The molecule has 0 fully saturated rings. The Morgan fingerprint density at radius 3 is 1.35 bits per heavy atom. The Morgan fingerprint density at radius 2 is 1.04 bits per heavy atom. The predicted molar refractivity (Wildman–Crippen MR) is 52.1 cm³/mol. The highest BCUT2D eigenvalue weighted by Gasteiger charge is 2.95. The molecule has 0 rings (SSSR count). The van der Waals surface area contributed by atoms with Crippen LogP contribution in [-0.2, 0) is 9.78 Å². The summed E-state index contributed by atoms with van der Waals surface area (Å²) in [7, 11) is 0. The van der Waals surface area contributed by atoms with Gasteiger partial charge in [-0.05, 0) is 6.42 Å². The molecule has 0 aromatic carbocycles. The van der Waals surface area contributed by atoms with Crippen molar-refractivity contribution in [2.45, 2.75) is 50.8 Å². The van der Waals surface area contributed by atoms with E-state index in [0.29, 0.717) is 6.42 Å². The van der Waals surface area contributed by atoms with Gasteiger partial charge in [0.15, 0.2) is 0 Å². The molecule has 0 atom stereocenters. The number of hydrogen-bond donors (Lipinski definition) is 0. The Morgan fingerprint density at radius 1 is 0.652 bits per heavy atom. The van der Waals surface area contributed by atoms with Crippen LogP contribution in [0.4, 0.5) is 48.3 Å². The van der Waals surface area contributed by atoms with E-state index in [1.807, 2.05) is 0 Å². The molecule has 0 aromatic heterocycles. The smallest absolute Gasteiger partial charge is 0.231 e. The topological polar surface area (TPSA) is 18.5 Å². The van der Waals surface area contributed by atoms with Gasteiger partial charge in [-0.15, -0.1) is 0 Å². The molecule has 0 heterocycles. The van der Waals surface area contributed by atoms with Gasteiger partial charge in [-0.25, -0.2) is 4.89 Å². The van der Waals surface area contributed by atoms with Crippen molar-refractivity contribution in [1.29, 1.82) is 0 Å². The third-order valence-corrected chi connectivity index (χ3v) is 2.71. The van der Waals surface area contributed by atoms with Crippen molar-refractivity contribution in [3.05, 3.63) is 0 Å². The molecule has 0 N–H and O–H groups in total. The van der Waals surface area contributed by atoms with Gasteiger partial charge in [0, 0.05) is 0 Å². The van der Waals surface area contributed by atoms with Crippen LogP contribution < -0.4 is 0 Å². The van der Waals surface area contributed by atoms with E-state index in [4.69, 9.17) is 0 Å². The van der Waals surface area contributed by atoms with Gasteiger partial charge in [-0.2, -0.15) is 53.2 Å². The molecule has 0 aliphatic heterocycles. The summed E-state index contributed by atoms with van der Waals surface area (Å²) in [5.41, 5.74) is -7.43. The maximum atomic E-state index is 13.2. The van der Waals surface area contributed by atoms with Crippen molar-refractivity contribution >= 4 is 0 Å². The zero-order valence-corrected chi connectivity index (χ0v) is 11.3. The molecule has 23 heavy (non-hydrogen) atoms. The molecule has 0 saturated carbocycles. The van der Waals surface area contributed by atoms with Crippen molar-refractivity contribution in [1.82, 2.24) is 0 Å². The quantitative estimate of drug-likeness (QED) is 0.258. The molecule has 0 aliphatic carbocycles. The minimum absolute atomic E-state index is 0.121. The van der Waals surface area contributed by atoms with E-state index >= 15 is 0 Å². The summed E-state index contributed by atoms with van der Waals surface area (Å²) in [5, 5.41) is 0. The Balaban J connectivity index is 5.76. The molecule has 0 unspecified atom stereocenters. The highest BCUT2D eigenvalue weighted by atomic mass is 19.4. The molecule has 0 bridgehead atoms. The largest absolute Gasteiger partial charge is 0.421 e. The molecule has 0 aromatic rings. The SMILES string of the molecule is CCCCCOOC(F)(F)C(C(F)(F)F)(C(F)(F)F)C(F)(F)F. The third-order valence-electron chi connectivity index (χ3n) is 2.71. The fourth-order valence-corrected chi connectivity index (χ4v) is 1.57. The Hall–Kier alpha value is -0.850. The Labute approximate surface area is 122 Å². The van der Waals surface area contributed by atoms with Crippen LogP contribution in [0.25, 0.3) is 0 Å². The van der Waals surface area contributed by atoms with E-state index in [0.717, 1.165) is 0 Å². The van der Waals surface area contributed by atoms with Crippen molar-refractivity contribution in [3.8, 4) is 0 Å². The molecule has 13 heteroatoms. The Kier molecular flexibility index (Phi) is 6.69. The summed E-state index contributed by atoms with van der Waals surface area (Å²) in [5.74, 6) is 0. The number of halogens is 11. The summed E-state index contributed by atoms with van der Waals surface area (Å²) in [6.45, 7) is 0.699. The normalized spacial score (nSPS) is 15.1. The van der Waals surface area contributed by atoms with E-state index in [-0.39, 0.29) is 12.8 Å². The third kappa shape index (κ3) is 4.17. The molecule has 2 nitrogen and oxygen atoms in total. The number of unbranched alkanes of at least 4 members (excludes halogenated alkanes) is 2. The monoisotopic (exact) mass is 372 g/mol. The summed E-state index contributed by atoms with van der Waals surface area (Å²) < 4.78 is 138. The molecular weight excluding hydrogens is 361 g/mol. The van der Waals surface area contributed by atoms with Crippen LogP contribution in [0.1, 0.15) is 26.2 Å². The summed E-state index contributed by atoms with van der Waals surface area (Å²) in [6.07, 6.45) is -28.5. The highest BCUT2D eigenvalue weighted by molar-refractivity contribution is 5.04. The van der Waals surface area contributed by atoms with Gasteiger partial charge < -0.3 is 0 Å². The van der Waals surface area contributed by atoms with E-state index < -0.39 is 36.7 Å². The summed E-state index contributed by atoms with van der Waals surface area (Å²) in [6, 6.07) is 0. The first-order valence-corrected chi connectivity index (χ1v) is 5.95. The zero-order chi connectivity index (χ0) is 18.7. The van der Waals surface area contributed by atoms with Gasteiger partial charge in [0.2, 0.25) is 0 Å². The second kappa shape index (κ2) is 6.95. The van der Waals surface area contributed by atoms with Gasteiger partial charge in [-0.1, -0.05) is 19.8 Å². The lowest BCUT2D eigenvalue weighted by molar-refractivity contribution is -0.566. The van der Waals surface area contributed by atoms with Crippen molar-refractivity contribution in [2.24, 2.45) is 5.41 Å². The fourth-order valence-electron chi connectivity index (χ4n) is 1.57. The standard InChI is InChI=1S/C10H11F11O2/c1-2-3-4-5-22-23-10(20,21)6(7(11,12)13,8(14,15)16)9(17,18)19/h2-5H2,1H3. The van der Waals surface area contributed by atoms with Gasteiger partial charge in [0.05, 0.1) is 6.61 Å². The average molecular weight is 372 g/mol. The van der Waals surface area contributed by atoms with Crippen LogP contribution in [0.15, 0.2) is 0 Å². The maximum absolute atomic E-state index is 13.2. The minimum atomic E-state index is -7.44. The van der Waals surface area contributed by atoms with Gasteiger partial charge >= 0.3 is 30.1 Å². The van der Waals surface area contributed by atoms with E-state index in [1.165, 1.54) is 0 Å². The van der Waals surface area contributed by atoms with Crippen LogP contribution in [0.5, 0.6) is 0 Å². The summed E-state index contributed by atoms with van der Waals surface area (Å²) >= 11 is 0. The molecule has 0 amide bonds. The van der Waals surface area contributed by atoms with E-state index in [2.05, 4.69) is 9.78 Å². The zero-order valence-electron chi connectivity index (χ0n) is 11.3. The van der Waals surface area contributed by atoms with Crippen molar-refractivity contribution < 1.29 is 58.1 Å². The first-order chi connectivity index (χ1) is 10.1. The molecule has 0 radical (unpaired) electrons. The van der Waals surface area contributed by atoms with Crippen LogP contribution in [0, 0.1) is 5.41 Å². The van der Waals surface area contributed by atoms with Crippen molar-refractivity contribution in [3.63, 3.8) is 0 Å². The molecular formula is C10H11F11O2. The number of alkyl halides is 11. The first-order valence-electron chi connectivity index (χ1n) is 5.95. The van der Waals surface area contributed by atoms with E-state index in [9.17, 15) is 48.3 Å². The predicted octanol–water partition coefficient (Wildman–Crippen LogP) is 5.39. The lowest BCUT2D eigenvalue weighted by Crippen LogP contribution is -2.69. The van der Waals surface area contributed by atoms with Crippen LogP contribution in [0.2, 0.25) is 0 Å². The molecule has 0 aliphatic rings. The maximum Gasteiger partial charge on any atom is 0.421 e. The fraction of sp³-hybridized carbons (Fsp3) is 1.00. The number of hydrogen-bond acceptors (Lipinski definition) is 2. The minimum Gasteiger partial charge on any atom is -0.231 e. The van der Waals surface area contributed by atoms with Gasteiger partial charge in [-0.3, -0.25) is 0 Å². The number of rotatable bonds is 7. The molecule has 0 spiro atoms. The van der Waals surface area contributed by atoms with Crippen LogP contribution in [0.3, 0.4) is 0 Å². The average Bonchev–Trinajstić information content (AvgIpc) is 2.21. The molecule has 140 valence electrons. The van der Waals surface area contributed by atoms with Gasteiger partial charge in [0.1, 0.15) is 0 Å². The first kappa shape index (κ1) is 22.1. The second-order valence-electron chi connectivity index (χ2n) is 4.37. The lowest BCUT2D eigenvalue weighted by atomic mass is 9.83. The summed E-state index contributed by atoms with van der Waals surface area (Å²) in [4.78, 5) is 6.07.